The van der Waals surface area contributed by atoms with Gasteiger partial charge in [-0.1, -0.05) is 51.1 Å². The lowest BCUT2D eigenvalue weighted by Crippen LogP contribution is -2.47. The van der Waals surface area contributed by atoms with Crippen LogP contribution in [0.2, 0.25) is 0 Å². The largest absolute Gasteiger partial charge is 0.417 e. The first kappa shape index (κ1) is 31.5. The summed E-state index contributed by atoms with van der Waals surface area (Å²) in [5.41, 5.74) is 0.179. The molecular formula is C29H32F3N3O5S2. The number of sulfonamides is 1. The molecule has 0 radical (unpaired) electrons. The van der Waals surface area contributed by atoms with Crippen molar-refractivity contribution < 1.29 is 34.8 Å². The van der Waals surface area contributed by atoms with E-state index in [-0.39, 0.29) is 42.3 Å². The van der Waals surface area contributed by atoms with Gasteiger partial charge in [0, 0.05) is 24.8 Å². The Bertz CT molecular complexity index is 1650. The molecule has 0 unspecified atom stereocenters. The minimum Gasteiger partial charge on any atom is -0.324 e. The highest BCUT2D eigenvalue weighted by atomic mass is 32.2. The van der Waals surface area contributed by atoms with Crippen LogP contribution in [0.1, 0.15) is 44.7 Å². The molecule has 42 heavy (non-hydrogen) atoms. The van der Waals surface area contributed by atoms with Gasteiger partial charge in [-0.05, 0) is 66.3 Å². The van der Waals surface area contributed by atoms with E-state index in [1.54, 1.807) is 18.2 Å². The summed E-state index contributed by atoms with van der Waals surface area (Å²) in [7, 11) is -9.08. The number of alkyl halides is 3. The highest BCUT2D eigenvalue weighted by molar-refractivity contribution is 7.91. The van der Waals surface area contributed by atoms with Gasteiger partial charge < -0.3 is 10.2 Å². The van der Waals surface area contributed by atoms with Crippen LogP contribution in [0.5, 0.6) is 0 Å². The summed E-state index contributed by atoms with van der Waals surface area (Å²) in [6.45, 7) is 6.55. The number of likely N-dealkylation sites (tertiary alicyclic amines) is 1. The first-order chi connectivity index (χ1) is 19.5. The smallest absolute Gasteiger partial charge is 0.324 e. The van der Waals surface area contributed by atoms with Crippen molar-refractivity contribution >= 4 is 31.6 Å². The van der Waals surface area contributed by atoms with Crippen molar-refractivity contribution in [3.8, 4) is 0 Å². The molecule has 1 saturated heterocycles. The number of anilines is 1. The van der Waals surface area contributed by atoms with Crippen molar-refractivity contribution in [2.24, 2.45) is 0 Å². The van der Waals surface area contributed by atoms with E-state index in [1.807, 2.05) is 12.1 Å². The normalized spacial score (nSPS) is 15.4. The molecule has 4 rings (SSSR count). The molecule has 8 nitrogen and oxygen atoms in total. The summed E-state index contributed by atoms with van der Waals surface area (Å²) in [4.78, 5) is 12.3. The number of carbonyl (C=O) groups is 1. The number of halogens is 3. The Morgan fingerprint density at radius 1 is 0.833 bits per heavy atom. The maximum Gasteiger partial charge on any atom is 0.417 e. The van der Waals surface area contributed by atoms with Crippen LogP contribution in [-0.2, 0) is 31.5 Å². The second-order valence-corrected chi connectivity index (χ2v) is 14.7. The van der Waals surface area contributed by atoms with Gasteiger partial charge in [0.25, 0.3) is 0 Å². The molecule has 0 aliphatic carbocycles. The zero-order chi connectivity index (χ0) is 30.9. The number of nitrogens with one attached hydrogen (secondary N) is 2. The molecule has 1 aliphatic rings. The molecule has 13 heteroatoms. The molecule has 1 heterocycles. The highest BCUT2D eigenvalue weighted by Crippen LogP contribution is 2.36. The summed E-state index contributed by atoms with van der Waals surface area (Å²) in [5.74, 6) is 0. The van der Waals surface area contributed by atoms with E-state index < -0.39 is 47.4 Å². The summed E-state index contributed by atoms with van der Waals surface area (Å²) in [5, 5.41) is 2.80. The van der Waals surface area contributed by atoms with E-state index in [2.05, 4.69) is 30.8 Å². The van der Waals surface area contributed by atoms with Gasteiger partial charge in [0.2, 0.25) is 19.9 Å². The van der Waals surface area contributed by atoms with Crippen LogP contribution in [0.4, 0.5) is 23.7 Å². The van der Waals surface area contributed by atoms with E-state index in [4.69, 9.17) is 0 Å². The molecule has 3 aromatic rings. The Morgan fingerprint density at radius 3 is 1.98 bits per heavy atom. The molecule has 3 aromatic carbocycles. The standard InChI is InChI=1S/C29H32F3N3O5S2/c1-28(2,3)20-9-11-21(12-10-20)33-27(36)35-17-15-22(16-18-35)34-42(39,40)26-19-24(13-14-25(26)29(30,31)32)41(37,38)23-7-5-4-6-8-23/h4-14,19,22,34H,15-18H2,1-3H3,(H,33,36). The van der Waals surface area contributed by atoms with Gasteiger partial charge in [0.15, 0.2) is 0 Å². The minimum atomic E-state index is -5.05. The quantitative estimate of drug-likeness (QED) is 0.360. The molecule has 1 aliphatic heterocycles. The SMILES string of the molecule is CC(C)(C)c1ccc(NC(=O)N2CCC(NS(=O)(=O)c3cc(S(=O)(=O)c4ccccc4)ccc3C(F)(F)F)CC2)cc1. The third-order valence-electron chi connectivity index (χ3n) is 7.02. The summed E-state index contributed by atoms with van der Waals surface area (Å²) >= 11 is 0. The van der Waals surface area contributed by atoms with Gasteiger partial charge in [-0.2, -0.15) is 13.2 Å². The number of hydrogen-bond acceptors (Lipinski definition) is 5. The summed E-state index contributed by atoms with van der Waals surface area (Å²) in [6, 6.07) is 15.1. The van der Waals surface area contributed by atoms with E-state index in [0.717, 1.165) is 11.6 Å². The average Bonchev–Trinajstić information content (AvgIpc) is 2.92. The number of rotatable bonds is 6. The number of benzene rings is 3. The van der Waals surface area contributed by atoms with Gasteiger partial charge >= 0.3 is 12.2 Å². The van der Waals surface area contributed by atoms with Crippen LogP contribution < -0.4 is 10.0 Å². The van der Waals surface area contributed by atoms with Crippen LogP contribution >= 0.6 is 0 Å². The Balaban J connectivity index is 1.48. The maximum atomic E-state index is 13.8. The lowest BCUT2D eigenvalue weighted by atomic mass is 9.87. The first-order valence-corrected chi connectivity index (χ1v) is 16.2. The monoisotopic (exact) mass is 623 g/mol. The summed E-state index contributed by atoms with van der Waals surface area (Å²) < 4.78 is 96.2. The van der Waals surface area contributed by atoms with E-state index >= 15 is 0 Å². The molecule has 0 atom stereocenters. The molecule has 0 bridgehead atoms. The van der Waals surface area contributed by atoms with Crippen molar-refractivity contribution in [1.82, 2.24) is 9.62 Å². The number of urea groups is 1. The molecule has 0 aromatic heterocycles. The van der Waals surface area contributed by atoms with Crippen LogP contribution in [0.25, 0.3) is 0 Å². The van der Waals surface area contributed by atoms with Crippen molar-refractivity contribution in [1.29, 1.82) is 0 Å². The van der Waals surface area contributed by atoms with Gasteiger partial charge in [-0.3, -0.25) is 0 Å². The average molecular weight is 624 g/mol. The topological polar surface area (TPSA) is 113 Å². The number of carbonyl (C=O) groups excluding carboxylic acids is 1. The van der Waals surface area contributed by atoms with Gasteiger partial charge in [0.05, 0.1) is 20.2 Å². The number of hydrogen-bond donors (Lipinski definition) is 2. The van der Waals surface area contributed by atoms with E-state index in [9.17, 15) is 34.8 Å². The van der Waals surface area contributed by atoms with Crippen molar-refractivity contribution in [3.05, 3.63) is 83.9 Å². The third kappa shape index (κ3) is 7.13. The van der Waals surface area contributed by atoms with Crippen molar-refractivity contribution in [3.63, 3.8) is 0 Å². The predicted octanol–water partition coefficient (Wildman–Crippen LogP) is 5.81. The minimum absolute atomic E-state index is 0.0455. The number of amides is 2. The van der Waals surface area contributed by atoms with E-state index in [1.165, 1.54) is 29.2 Å². The lowest BCUT2D eigenvalue weighted by Gasteiger charge is -2.32. The summed E-state index contributed by atoms with van der Waals surface area (Å²) in [6.07, 6.45) is -4.75. The molecule has 2 amide bonds. The molecular weight excluding hydrogens is 591 g/mol. The zero-order valence-electron chi connectivity index (χ0n) is 23.3. The van der Waals surface area contributed by atoms with Crippen molar-refractivity contribution in [2.75, 3.05) is 18.4 Å². The van der Waals surface area contributed by atoms with Gasteiger partial charge in [-0.25, -0.2) is 26.4 Å². The molecule has 0 spiro atoms. The lowest BCUT2D eigenvalue weighted by molar-refractivity contribution is -0.139. The zero-order valence-corrected chi connectivity index (χ0v) is 24.9. The number of nitrogens with zero attached hydrogens (tertiary/aromatic N) is 1. The van der Waals surface area contributed by atoms with Gasteiger partial charge in [0.1, 0.15) is 0 Å². The van der Waals surface area contributed by atoms with Crippen LogP contribution in [-0.4, -0.2) is 46.9 Å². The second kappa shape index (κ2) is 11.7. The Labute approximate surface area is 243 Å². The maximum absolute atomic E-state index is 13.8. The Morgan fingerprint density at radius 2 is 1.43 bits per heavy atom. The van der Waals surface area contributed by atoms with Crippen LogP contribution in [0.15, 0.2) is 87.5 Å². The fraction of sp³-hybridized carbons (Fsp3) is 0.345. The van der Waals surface area contributed by atoms with Crippen LogP contribution in [0.3, 0.4) is 0 Å². The Kier molecular flexibility index (Phi) is 8.77. The molecule has 0 saturated carbocycles. The molecule has 1 fully saturated rings. The van der Waals surface area contributed by atoms with Crippen molar-refractivity contribution in [2.45, 2.75) is 65.9 Å². The Hall–Kier alpha value is -3.42. The number of sulfone groups is 1. The second-order valence-electron chi connectivity index (χ2n) is 11.1. The van der Waals surface area contributed by atoms with E-state index in [0.29, 0.717) is 17.8 Å². The fourth-order valence-corrected chi connectivity index (χ4v) is 7.54. The van der Waals surface area contributed by atoms with Crippen LogP contribution in [0, 0.1) is 0 Å². The molecule has 2 N–H and O–H groups in total. The van der Waals surface area contributed by atoms with Gasteiger partial charge in [-0.15, -0.1) is 0 Å². The predicted molar refractivity (Wildman–Crippen MR) is 152 cm³/mol. The highest BCUT2D eigenvalue weighted by Gasteiger charge is 2.39. The number of piperidine rings is 1. The molecule has 226 valence electrons. The first-order valence-electron chi connectivity index (χ1n) is 13.2. The third-order valence-corrected chi connectivity index (χ3v) is 10.3. The fourth-order valence-electron chi connectivity index (χ4n) is 4.60.